The molecule has 0 spiro atoms. The molecule has 1 heterocycles. The number of aryl methyl sites for hydroxylation is 1. The Bertz CT molecular complexity index is 1010. The lowest BCUT2D eigenvalue weighted by atomic mass is 9.92. The van der Waals surface area contributed by atoms with Gasteiger partial charge in [-0.15, -0.1) is 0 Å². The summed E-state index contributed by atoms with van der Waals surface area (Å²) < 4.78 is 39.5. The summed E-state index contributed by atoms with van der Waals surface area (Å²) in [4.78, 5) is 40.7. The van der Waals surface area contributed by atoms with Crippen molar-refractivity contribution < 1.29 is 16.4 Å². The van der Waals surface area contributed by atoms with E-state index in [4.69, 9.17) is 12.6 Å². The van der Waals surface area contributed by atoms with Crippen molar-refractivity contribution >= 4 is 28.2 Å². The van der Waals surface area contributed by atoms with Crippen LogP contribution in [0.5, 0.6) is 0 Å². The van der Waals surface area contributed by atoms with E-state index in [9.17, 15) is 14.4 Å². The van der Waals surface area contributed by atoms with E-state index in [-0.39, 0.29) is 53.7 Å². The SMILES string of the molecule is [2H]c1cc([2H])c2nc(C([2H])([2H])[2H])n(C3CCC(=O)CC3=O)c(=O)c2c1N. The van der Waals surface area contributed by atoms with Crippen molar-refractivity contribution in [2.45, 2.75) is 32.2 Å². The molecule has 1 unspecified atom stereocenters. The molecule has 1 aromatic heterocycles. The van der Waals surface area contributed by atoms with Gasteiger partial charge in [0.15, 0.2) is 5.78 Å². The first-order chi connectivity index (χ1) is 12.0. The minimum absolute atomic E-state index is 0.0119. The van der Waals surface area contributed by atoms with Crippen LogP contribution in [0.4, 0.5) is 5.69 Å². The summed E-state index contributed by atoms with van der Waals surface area (Å²) in [6.45, 7) is -2.82. The van der Waals surface area contributed by atoms with Crippen LogP contribution in [-0.4, -0.2) is 21.1 Å². The molecule has 0 amide bonds. The zero-order valence-corrected chi connectivity index (χ0v) is 11.0. The molecule has 6 nitrogen and oxygen atoms in total. The third kappa shape index (κ3) is 2.12. The highest BCUT2D eigenvalue weighted by Gasteiger charge is 2.30. The first-order valence-corrected chi connectivity index (χ1v) is 6.39. The number of ketones is 2. The highest BCUT2D eigenvalue weighted by molar-refractivity contribution is 6.03. The maximum Gasteiger partial charge on any atom is 0.264 e. The van der Waals surface area contributed by atoms with Gasteiger partial charge in [-0.3, -0.25) is 19.0 Å². The van der Waals surface area contributed by atoms with E-state index in [1.165, 1.54) is 0 Å². The summed E-state index contributed by atoms with van der Waals surface area (Å²) in [6.07, 6.45) is -0.353. The normalized spacial score (nSPS) is 23.2. The fraction of sp³-hybridized carbons (Fsp3) is 0.333. The number of hydrogen-bond acceptors (Lipinski definition) is 5. The fourth-order valence-corrected chi connectivity index (χ4v) is 2.56. The number of Topliss-reactive ketones (excluding diaryl/α,β-unsaturated/α-hetero) is 2. The summed E-state index contributed by atoms with van der Waals surface area (Å²) >= 11 is 0. The Morgan fingerprint density at radius 1 is 1.43 bits per heavy atom. The van der Waals surface area contributed by atoms with Crippen LogP contribution in [0.1, 0.15) is 38.0 Å². The van der Waals surface area contributed by atoms with Gasteiger partial charge < -0.3 is 5.73 Å². The zero-order valence-electron chi connectivity index (χ0n) is 16.0. The summed E-state index contributed by atoms with van der Waals surface area (Å²) in [5.74, 6) is -1.47. The van der Waals surface area contributed by atoms with Gasteiger partial charge in [-0.25, -0.2) is 4.98 Å². The number of carbonyl (C=O) groups is 2. The number of nitrogens with zero attached hydrogens (tertiary/aromatic N) is 2. The minimum Gasteiger partial charge on any atom is -0.398 e. The van der Waals surface area contributed by atoms with Gasteiger partial charge in [-0.2, -0.15) is 0 Å². The highest BCUT2D eigenvalue weighted by atomic mass is 16.2. The highest BCUT2D eigenvalue weighted by Crippen LogP contribution is 2.24. The Morgan fingerprint density at radius 3 is 2.95 bits per heavy atom. The second-order valence-electron chi connectivity index (χ2n) is 4.92. The molecule has 0 radical (unpaired) electrons. The Kier molecular flexibility index (Phi) is 1.99. The molecule has 1 aliphatic rings. The van der Waals surface area contributed by atoms with Crippen molar-refractivity contribution in [3.63, 3.8) is 0 Å². The summed E-state index contributed by atoms with van der Waals surface area (Å²) in [5.41, 5.74) is 4.44. The van der Waals surface area contributed by atoms with Gasteiger partial charge in [0.2, 0.25) is 0 Å². The fourth-order valence-electron chi connectivity index (χ4n) is 2.56. The molecule has 2 aromatic rings. The lowest BCUT2D eigenvalue weighted by molar-refractivity contribution is -0.132. The molecular weight excluding hydrogens is 270 g/mol. The van der Waals surface area contributed by atoms with Gasteiger partial charge in [0.25, 0.3) is 5.56 Å². The number of carbonyl (C=O) groups excluding carboxylic acids is 2. The van der Waals surface area contributed by atoms with Crippen LogP contribution >= 0.6 is 0 Å². The average Bonchev–Trinajstić information content (AvgIpc) is 2.52. The molecule has 108 valence electrons. The van der Waals surface area contributed by atoms with Gasteiger partial charge in [-0.05, 0) is 25.4 Å². The van der Waals surface area contributed by atoms with E-state index >= 15 is 0 Å². The number of anilines is 1. The zero-order chi connectivity index (χ0) is 19.4. The van der Waals surface area contributed by atoms with Crippen LogP contribution in [0.2, 0.25) is 0 Å². The standard InChI is InChI=1S/C15H15N3O3/c1-8-17-11-4-2-3-10(16)14(11)15(21)18(8)12-6-5-9(19)7-13(12)20/h2-4,12H,5-7,16H2,1H3/i1D3,3D,4D. The molecule has 1 aromatic carbocycles. The molecular formula is C15H15N3O3. The second kappa shape index (κ2) is 4.80. The monoisotopic (exact) mass is 290 g/mol. The first-order valence-electron chi connectivity index (χ1n) is 8.89. The molecule has 0 aliphatic heterocycles. The smallest absolute Gasteiger partial charge is 0.264 e. The number of nitrogen functional groups attached to an aromatic ring is 1. The van der Waals surface area contributed by atoms with Gasteiger partial charge in [0.05, 0.1) is 26.1 Å². The number of rotatable bonds is 1. The van der Waals surface area contributed by atoms with Crippen molar-refractivity contribution in [3.05, 3.63) is 34.3 Å². The Labute approximate surface area is 127 Å². The van der Waals surface area contributed by atoms with E-state index < -0.39 is 30.1 Å². The molecule has 2 N–H and O–H groups in total. The largest absolute Gasteiger partial charge is 0.398 e. The van der Waals surface area contributed by atoms with E-state index in [0.717, 1.165) is 10.6 Å². The van der Waals surface area contributed by atoms with Crippen molar-refractivity contribution in [1.82, 2.24) is 9.55 Å². The molecule has 1 saturated carbocycles. The third-order valence-electron chi connectivity index (χ3n) is 3.57. The predicted octanol–water partition coefficient (Wildman–Crippen LogP) is 1.15. The van der Waals surface area contributed by atoms with E-state index in [2.05, 4.69) is 4.98 Å². The van der Waals surface area contributed by atoms with Crippen molar-refractivity contribution in [2.75, 3.05) is 5.73 Å². The maximum atomic E-state index is 13.0. The molecule has 0 bridgehead atoms. The average molecular weight is 290 g/mol. The molecule has 21 heavy (non-hydrogen) atoms. The summed E-state index contributed by atoms with van der Waals surface area (Å²) in [5, 5.41) is -0.264. The lowest BCUT2D eigenvalue weighted by Crippen LogP contribution is -2.36. The van der Waals surface area contributed by atoms with E-state index in [1.807, 2.05) is 0 Å². The van der Waals surface area contributed by atoms with Gasteiger partial charge in [0.1, 0.15) is 11.6 Å². The Hall–Kier alpha value is -2.50. The number of aromatic nitrogens is 2. The second-order valence-corrected chi connectivity index (χ2v) is 4.92. The van der Waals surface area contributed by atoms with E-state index in [1.54, 1.807) is 0 Å². The lowest BCUT2D eigenvalue weighted by Gasteiger charge is -2.24. The first kappa shape index (κ1) is 8.71. The molecule has 1 fully saturated rings. The topological polar surface area (TPSA) is 95.0 Å². The Balaban J connectivity index is 2.42. The van der Waals surface area contributed by atoms with Crippen LogP contribution in [0.3, 0.4) is 0 Å². The van der Waals surface area contributed by atoms with E-state index in [0.29, 0.717) is 0 Å². The van der Waals surface area contributed by atoms with Crippen LogP contribution in [0.25, 0.3) is 10.9 Å². The maximum absolute atomic E-state index is 13.0. The third-order valence-corrected chi connectivity index (χ3v) is 3.57. The predicted molar refractivity (Wildman–Crippen MR) is 78.1 cm³/mol. The number of nitrogens with two attached hydrogens (primary N) is 1. The molecule has 1 aliphatic carbocycles. The molecule has 6 heteroatoms. The van der Waals surface area contributed by atoms with Crippen LogP contribution < -0.4 is 11.3 Å². The Morgan fingerprint density at radius 2 is 2.24 bits per heavy atom. The molecule has 1 atom stereocenters. The van der Waals surface area contributed by atoms with Crippen LogP contribution in [-0.2, 0) is 9.59 Å². The van der Waals surface area contributed by atoms with Crippen LogP contribution in [0.15, 0.2) is 22.9 Å². The van der Waals surface area contributed by atoms with Gasteiger partial charge in [0, 0.05) is 16.2 Å². The number of benzene rings is 1. The van der Waals surface area contributed by atoms with Gasteiger partial charge in [-0.1, -0.05) is 6.07 Å². The molecule has 0 saturated heterocycles. The summed E-state index contributed by atoms with van der Waals surface area (Å²) in [6, 6.07) is -0.642. The summed E-state index contributed by atoms with van der Waals surface area (Å²) in [7, 11) is 0. The van der Waals surface area contributed by atoms with Gasteiger partial charge >= 0.3 is 0 Å². The van der Waals surface area contributed by atoms with Crippen molar-refractivity contribution in [2.24, 2.45) is 0 Å². The van der Waals surface area contributed by atoms with Crippen molar-refractivity contribution in [1.29, 1.82) is 0 Å². The number of fused-ring (bicyclic) bond motifs is 1. The quantitative estimate of drug-likeness (QED) is 0.628. The van der Waals surface area contributed by atoms with Crippen molar-refractivity contribution in [3.8, 4) is 0 Å². The number of hydrogen-bond donors (Lipinski definition) is 1. The van der Waals surface area contributed by atoms with Crippen LogP contribution in [0, 0.1) is 6.85 Å². The minimum atomic E-state index is -2.82. The molecule has 3 rings (SSSR count).